The maximum absolute atomic E-state index is 14.2. The number of hydrogen-bond donors (Lipinski definition) is 0. The molecule has 3 aromatic carbocycles. The smallest absolute Gasteiger partial charge is 0.348 e. The maximum Gasteiger partial charge on any atom is 0.348 e. The number of hydrogen-bond acceptors (Lipinski definition) is 4. The summed E-state index contributed by atoms with van der Waals surface area (Å²) in [5.41, 5.74) is 1.24. The lowest BCUT2D eigenvalue weighted by atomic mass is 9.85. The van der Waals surface area contributed by atoms with E-state index < -0.39 is 5.60 Å². The molecule has 2 aliphatic rings. The van der Waals surface area contributed by atoms with Crippen LogP contribution in [0.15, 0.2) is 91.0 Å². The first-order valence-electron chi connectivity index (χ1n) is 11.9. The zero-order chi connectivity index (χ0) is 22.7. The molecule has 0 spiro atoms. The average Bonchev–Trinajstić information content (AvgIpc) is 3.10. The molecule has 0 N–H and O–H groups in total. The summed E-state index contributed by atoms with van der Waals surface area (Å²) in [4.78, 5) is 16.6. The normalized spacial score (nSPS) is 22.8. The van der Waals surface area contributed by atoms with Crippen LogP contribution in [0, 0.1) is 0 Å². The van der Waals surface area contributed by atoms with E-state index in [9.17, 15) is 4.79 Å². The lowest BCUT2D eigenvalue weighted by Crippen LogP contribution is -2.50. The molecule has 0 aromatic heterocycles. The number of carbonyl (C=O) groups excluding carboxylic acids is 1. The zero-order valence-corrected chi connectivity index (χ0v) is 19.1. The van der Waals surface area contributed by atoms with Crippen molar-refractivity contribution in [3.63, 3.8) is 0 Å². The molecule has 2 fully saturated rings. The second-order valence-corrected chi connectivity index (χ2v) is 9.17. The largest absolute Gasteiger partial charge is 0.458 e. The molecule has 2 bridgehead atoms. The molecule has 0 unspecified atom stereocenters. The van der Waals surface area contributed by atoms with Gasteiger partial charge in [-0.3, -0.25) is 4.90 Å². The van der Waals surface area contributed by atoms with Crippen molar-refractivity contribution in [2.24, 2.45) is 0 Å². The molecule has 170 valence electrons. The van der Waals surface area contributed by atoms with Gasteiger partial charge in [-0.2, -0.15) is 0 Å². The molecule has 0 saturated carbocycles. The van der Waals surface area contributed by atoms with Crippen LogP contribution in [-0.2, 0) is 26.5 Å². The quantitative estimate of drug-likeness (QED) is 0.466. The monoisotopic (exact) mass is 441 g/mol. The van der Waals surface area contributed by atoms with Crippen LogP contribution in [-0.4, -0.2) is 36.1 Å². The number of likely N-dealkylation sites (N-methyl/N-ethyl adjacent to an activating group) is 1. The summed E-state index contributed by atoms with van der Waals surface area (Å²) in [6.07, 6.45) is 4.12. The van der Waals surface area contributed by atoms with Crippen LogP contribution < -0.4 is 0 Å². The third kappa shape index (κ3) is 4.21. The van der Waals surface area contributed by atoms with Gasteiger partial charge in [0.15, 0.2) is 0 Å². The fourth-order valence-corrected chi connectivity index (χ4v) is 5.48. The molecule has 2 aliphatic heterocycles. The first-order valence-corrected chi connectivity index (χ1v) is 11.9. The molecule has 2 heterocycles. The number of piperidine rings is 1. The van der Waals surface area contributed by atoms with Crippen molar-refractivity contribution in [3.05, 3.63) is 108 Å². The molecule has 0 radical (unpaired) electrons. The second-order valence-electron chi connectivity index (χ2n) is 9.17. The molecule has 0 aliphatic carbocycles. The van der Waals surface area contributed by atoms with Gasteiger partial charge in [-0.1, -0.05) is 91.0 Å². The van der Waals surface area contributed by atoms with Gasteiger partial charge in [-0.25, -0.2) is 4.79 Å². The Kier molecular flexibility index (Phi) is 6.30. The van der Waals surface area contributed by atoms with Gasteiger partial charge in [-0.05, 0) is 49.4 Å². The number of fused-ring (bicyclic) bond motifs is 2. The van der Waals surface area contributed by atoms with E-state index in [-0.39, 0.29) is 18.1 Å². The number of nitrogens with zero attached hydrogens (tertiary/aromatic N) is 1. The van der Waals surface area contributed by atoms with Gasteiger partial charge in [-0.15, -0.1) is 0 Å². The van der Waals surface area contributed by atoms with Crippen LogP contribution in [0.5, 0.6) is 0 Å². The minimum atomic E-state index is -1.34. The summed E-state index contributed by atoms with van der Waals surface area (Å²) in [7, 11) is 2.16. The van der Waals surface area contributed by atoms with E-state index in [0.717, 1.165) is 36.0 Å². The van der Waals surface area contributed by atoms with Gasteiger partial charge >= 0.3 is 5.97 Å². The molecule has 3 atom stereocenters. The van der Waals surface area contributed by atoms with Crippen molar-refractivity contribution in [3.8, 4) is 0 Å². The van der Waals surface area contributed by atoms with E-state index in [4.69, 9.17) is 9.47 Å². The van der Waals surface area contributed by atoms with E-state index in [0.29, 0.717) is 12.6 Å². The number of benzene rings is 3. The van der Waals surface area contributed by atoms with E-state index in [1.165, 1.54) is 6.42 Å². The summed E-state index contributed by atoms with van der Waals surface area (Å²) in [6.45, 7) is 0.301. The molecule has 4 heteroatoms. The first kappa shape index (κ1) is 21.9. The number of esters is 1. The van der Waals surface area contributed by atoms with Crippen LogP contribution in [0.2, 0.25) is 0 Å². The van der Waals surface area contributed by atoms with Crippen molar-refractivity contribution in [1.82, 2.24) is 4.90 Å². The van der Waals surface area contributed by atoms with Gasteiger partial charge in [0.05, 0.1) is 6.61 Å². The van der Waals surface area contributed by atoms with Crippen LogP contribution >= 0.6 is 0 Å². The third-order valence-electron chi connectivity index (χ3n) is 7.31. The summed E-state index contributed by atoms with van der Waals surface area (Å²) in [5, 5.41) is 0. The van der Waals surface area contributed by atoms with Gasteiger partial charge in [0, 0.05) is 12.1 Å². The molecule has 2 saturated heterocycles. The molecule has 4 nitrogen and oxygen atoms in total. The van der Waals surface area contributed by atoms with E-state index >= 15 is 0 Å². The van der Waals surface area contributed by atoms with Crippen molar-refractivity contribution < 1.29 is 14.3 Å². The lowest BCUT2D eigenvalue weighted by Gasteiger charge is -2.39. The van der Waals surface area contributed by atoms with Crippen LogP contribution in [0.1, 0.15) is 42.4 Å². The van der Waals surface area contributed by atoms with Crippen molar-refractivity contribution in [1.29, 1.82) is 0 Å². The molecule has 33 heavy (non-hydrogen) atoms. The van der Waals surface area contributed by atoms with Crippen LogP contribution in [0.3, 0.4) is 0 Å². The highest BCUT2D eigenvalue weighted by molar-refractivity contribution is 5.86. The van der Waals surface area contributed by atoms with Crippen LogP contribution in [0.4, 0.5) is 0 Å². The Labute approximate surface area is 196 Å². The fraction of sp³-hybridized carbons (Fsp3) is 0.345. The summed E-state index contributed by atoms with van der Waals surface area (Å²) >= 11 is 0. The number of carbonyl (C=O) groups is 1. The topological polar surface area (TPSA) is 38.8 Å². The van der Waals surface area contributed by atoms with Gasteiger partial charge in [0.1, 0.15) is 6.10 Å². The summed E-state index contributed by atoms with van der Waals surface area (Å²) < 4.78 is 13.0. The number of ether oxygens (including phenoxy) is 2. The van der Waals surface area contributed by atoms with Crippen molar-refractivity contribution in [2.75, 3.05) is 7.05 Å². The fourth-order valence-electron chi connectivity index (χ4n) is 5.48. The van der Waals surface area contributed by atoms with Gasteiger partial charge in [0.25, 0.3) is 0 Å². The predicted molar refractivity (Wildman–Crippen MR) is 129 cm³/mol. The summed E-state index contributed by atoms with van der Waals surface area (Å²) in [5.74, 6) is -0.334. The number of rotatable bonds is 7. The second kappa shape index (κ2) is 9.50. The Morgan fingerprint density at radius 1 is 0.818 bits per heavy atom. The van der Waals surface area contributed by atoms with Gasteiger partial charge in [0.2, 0.25) is 5.60 Å². The third-order valence-corrected chi connectivity index (χ3v) is 7.31. The van der Waals surface area contributed by atoms with Crippen molar-refractivity contribution in [2.45, 2.75) is 56.1 Å². The van der Waals surface area contributed by atoms with E-state index in [1.54, 1.807) is 0 Å². The molecule has 0 amide bonds. The summed E-state index contributed by atoms with van der Waals surface area (Å²) in [6, 6.07) is 30.4. The predicted octanol–water partition coefficient (Wildman–Crippen LogP) is 5.32. The highest BCUT2D eigenvalue weighted by atomic mass is 16.6. The van der Waals surface area contributed by atoms with Crippen molar-refractivity contribution >= 4 is 5.97 Å². The highest BCUT2D eigenvalue weighted by Gasteiger charge is 2.49. The molecule has 3 aromatic rings. The Hall–Kier alpha value is -2.95. The minimum absolute atomic E-state index is 0.117. The molecular weight excluding hydrogens is 410 g/mol. The highest BCUT2D eigenvalue weighted by Crippen LogP contribution is 2.40. The Bertz CT molecular complexity index is 1010. The molecule has 5 rings (SSSR count). The Morgan fingerprint density at radius 3 is 1.97 bits per heavy atom. The lowest BCUT2D eigenvalue weighted by molar-refractivity contribution is -0.180. The zero-order valence-electron chi connectivity index (χ0n) is 19.1. The molecular formula is C29H31NO3. The minimum Gasteiger partial charge on any atom is -0.458 e. The standard InChI is InChI=1S/C29H31NO3/c1-30-25-17-19-26(30)27(20-18-25)33-28(31)29(23-13-7-3-8-14-23,24-15-9-4-10-16-24)32-21-22-11-5-2-6-12-22/h2-16,25-27H,17-21H2,1H3/t25-,26+,27-/m0/s1. The average molecular weight is 442 g/mol. The van der Waals surface area contributed by atoms with Gasteiger partial charge < -0.3 is 9.47 Å². The van der Waals surface area contributed by atoms with Crippen LogP contribution in [0.25, 0.3) is 0 Å². The Balaban J connectivity index is 1.53. The Morgan fingerprint density at radius 2 is 1.36 bits per heavy atom. The first-order chi connectivity index (χ1) is 16.2. The SMILES string of the molecule is CN1[C@@H]2CC[C@H](OC(=O)C(OCc3ccccc3)(c3ccccc3)c3ccccc3)[C@H]1CC2. The van der Waals surface area contributed by atoms with E-state index in [1.807, 2.05) is 91.0 Å². The maximum atomic E-state index is 14.2. The van der Waals surface area contributed by atoms with E-state index in [2.05, 4.69) is 11.9 Å².